The van der Waals surface area contributed by atoms with E-state index in [4.69, 9.17) is 14.2 Å². The molecule has 0 aromatic heterocycles. The number of esters is 1. The highest BCUT2D eigenvalue weighted by Crippen LogP contribution is 2.32. The molecule has 0 aromatic carbocycles. The van der Waals surface area contributed by atoms with Crippen LogP contribution in [-0.4, -0.2) is 42.9 Å². The maximum Gasteiger partial charge on any atom is 0.315 e. The molecular formula is C14H23IO4. The fraction of sp³-hybridized carbons (Fsp3) is 0.786. The van der Waals surface area contributed by atoms with Crippen molar-refractivity contribution in [1.29, 1.82) is 0 Å². The van der Waals surface area contributed by atoms with Gasteiger partial charge >= 0.3 is 5.97 Å². The highest BCUT2D eigenvalue weighted by atomic mass is 127. The lowest BCUT2D eigenvalue weighted by atomic mass is 9.81. The predicted octanol–water partition coefficient (Wildman–Crippen LogP) is 2.74. The SMILES string of the molecule is C=C(C)[C@@H]1CC[C@@H](OCCOC(=O)CI)[C@H](OC)C1. The summed E-state index contributed by atoms with van der Waals surface area (Å²) in [4.78, 5) is 11.0. The number of allylic oxidation sites excluding steroid dienone is 1. The summed E-state index contributed by atoms with van der Waals surface area (Å²) in [5, 5.41) is 0. The molecule has 1 aliphatic rings. The minimum atomic E-state index is -0.196. The Morgan fingerprint density at radius 2 is 2.05 bits per heavy atom. The first kappa shape index (κ1) is 16.9. The summed E-state index contributed by atoms with van der Waals surface area (Å²) in [7, 11) is 1.72. The molecule has 0 heterocycles. The summed E-state index contributed by atoms with van der Waals surface area (Å²) in [5.41, 5.74) is 1.22. The second-order valence-corrected chi connectivity index (χ2v) is 5.66. The fourth-order valence-electron chi connectivity index (χ4n) is 2.38. The molecule has 1 rings (SSSR count). The van der Waals surface area contributed by atoms with E-state index in [0.29, 0.717) is 23.6 Å². The lowest BCUT2D eigenvalue weighted by Crippen LogP contribution is -2.38. The van der Waals surface area contributed by atoms with E-state index in [9.17, 15) is 4.79 Å². The number of alkyl halides is 1. The van der Waals surface area contributed by atoms with E-state index >= 15 is 0 Å². The highest BCUT2D eigenvalue weighted by molar-refractivity contribution is 14.1. The van der Waals surface area contributed by atoms with Crippen molar-refractivity contribution in [3.63, 3.8) is 0 Å². The van der Waals surface area contributed by atoms with E-state index in [0.717, 1.165) is 19.3 Å². The van der Waals surface area contributed by atoms with Crippen LogP contribution in [0.25, 0.3) is 0 Å². The minimum absolute atomic E-state index is 0.0962. The topological polar surface area (TPSA) is 44.8 Å². The molecule has 19 heavy (non-hydrogen) atoms. The third-order valence-corrected chi connectivity index (χ3v) is 4.14. The van der Waals surface area contributed by atoms with Crippen molar-refractivity contribution in [2.24, 2.45) is 5.92 Å². The van der Waals surface area contributed by atoms with E-state index in [2.05, 4.69) is 13.5 Å². The Hall–Kier alpha value is -0.140. The average molecular weight is 382 g/mol. The van der Waals surface area contributed by atoms with Crippen LogP contribution in [0.3, 0.4) is 0 Å². The van der Waals surface area contributed by atoms with Crippen LogP contribution in [-0.2, 0) is 19.0 Å². The Balaban J connectivity index is 2.29. The molecule has 0 bridgehead atoms. The summed E-state index contributed by atoms with van der Waals surface area (Å²) in [6.07, 6.45) is 3.22. The lowest BCUT2D eigenvalue weighted by Gasteiger charge is -2.35. The molecule has 3 atom stereocenters. The molecule has 1 fully saturated rings. The Kier molecular flexibility index (Phi) is 7.94. The maximum atomic E-state index is 11.0. The van der Waals surface area contributed by atoms with Gasteiger partial charge in [0.25, 0.3) is 0 Å². The first-order valence-electron chi connectivity index (χ1n) is 6.59. The first-order valence-corrected chi connectivity index (χ1v) is 8.12. The van der Waals surface area contributed by atoms with Crippen molar-refractivity contribution in [2.45, 2.75) is 38.4 Å². The number of hydrogen-bond acceptors (Lipinski definition) is 4. The van der Waals surface area contributed by atoms with Crippen molar-refractivity contribution in [3.8, 4) is 0 Å². The Bertz CT molecular complexity index is 306. The van der Waals surface area contributed by atoms with Crippen molar-refractivity contribution < 1.29 is 19.0 Å². The number of methoxy groups -OCH3 is 1. The van der Waals surface area contributed by atoms with Crippen molar-refractivity contribution >= 4 is 28.6 Å². The second-order valence-electron chi connectivity index (χ2n) is 4.89. The highest BCUT2D eigenvalue weighted by Gasteiger charge is 2.31. The van der Waals surface area contributed by atoms with Crippen LogP contribution in [0.15, 0.2) is 12.2 Å². The van der Waals surface area contributed by atoms with Gasteiger partial charge in [0.1, 0.15) is 6.61 Å². The molecule has 0 unspecified atom stereocenters. The molecule has 0 N–H and O–H groups in total. The third kappa shape index (κ3) is 5.79. The number of carbonyl (C=O) groups excluding carboxylic acids is 1. The van der Waals surface area contributed by atoms with Gasteiger partial charge in [-0.15, -0.1) is 0 Å². The molecule has 0 aliphatic heterocycles. The van der Waals surface area contributed by atoms with Gasteiger partial charge in [0.15, 0.2) is 0 Å². The van der Waals surface area contributed by atoms with E-state index in [-0.39, 0.29) is 18.2 Å². The van der Waals surface area contributed by atoms with Crippen molar-refractivity contribution in [1.82, 2.24) is 0 Å². The van der Waals surface area contributed by atoms with Gasteiger partial charge in [0.05, 0.1) is 23.2 Å². The predicted molar refractivity (Wildman–Crippen MR) is 82.5 cm³/mol. The summed E-state index contributed by atoms with van der Waals surface area (Å²) in [6, 6.07) is 0. The zero-order valence-electron chi connectivity index (χ0n) is 11.7. The van der Waals surface area contributed by atoms with Gasteiger partial charge in [-0.25, -0.2) is 0 Å². The van der Waals surface area contributed by atoms with Gasteiger partial charge < -0.3 is 14.2 Å². The van der Waals surface area contributed by atoms with Gasteiger partial charge in [-0.3, -0.25) is 4.79 Å². The van der Waals surface area contributed by atoms with E-state index in [1.54, 1.807) is 7.11 Å². The normalized spacial score (nSPS) is 27.0. The van der Waals surface area contributed by atoms with Crippen LogP contribution in [0.1, 0.15) is 26.2 Å². The fourth-order valence-corrected chi connectivity index (χ4v) is 2.60. The summed E-state index contributed by atoms with van der Waals surface area (Å²) in [6.45, 7) is 6.85. The largest absolute Gasteiger partial charge is 0.463 e. The molecule has 1 saturated carbocycles. The number of carbonyl (C=O) groups is 1. The third-order valence-electron chi connectivity index (χ3n) is 3.52. The molecule has 5 heteroatoms. The van der Waals surface area contributed by atoms with E-state index in [1.165, 1.54) is 5.57 Å². The molecule has 1 aliphatic carbocycles. The maximum absolute atomic E-state index is 11.0. The van der Waals surface area contributed by atoms with Crippen molar-refractivity contribution in [2.75, 3.05) is 24.8 Å². The molecule has 110 valence electrons. The summed E-state index contributed by atoms with van der Waals surface area (Å²) < 4.78 is 16.6. The standard InChI is InChI=1S/C14H23IO4/c1-10(2)11-4-5-12(13(8-11)17-3)18-6-7-19-14(16)9-15/h11-13H,1,4-9H2,2-3H3/t11-,12-,13-/m1/s1. The van der Waals surface area contributed by atoms with Gasteiger partial charge in [0.2, 0.25) is 0 Å². The average Bonchev–Trinajstić information content (AvgIpc) is 2.42. The molecule has 0 aromatic rings. The zero-order valence-corrected chi connectivity index (χ0v) is 13.9. The minimum Gasteiger partial charge on any atom is -0.463 e. The van der Waals surface area contributed by atoms with E-state index in [1.807, 2.05) is 22.6 Å². The summed E-state index contributed by atoms with van der Waals surface area (Å²) >= 11 is 1.98. The molecule has 0 spiro atoms. The monoisotopic (exact) mass is 382 g/mol. The zero-order chi connectivity index (χ0) is 14.3. The van der Waals surface area contributed by atoms with Gasteiger partial charge in [0, 0.05) is 7.11 Å². The van der Waals surface area contributed by atoms with Gasteiger partial charge in [-0.1, -0.05) is 34.7 Å². The summed E-state index contributed by atoms with van der Waals surface area (Å²) in [5.74, 6) is 0.333. The van der Waals surface area contributed by atoms with Crippen LogP contribution >= 0.6 is 22.6 Å². The molecule has 0 radical (unpaired) electrons. The van der Waals surface area contributed by atoms with Crippen LogP contribution in [0.2, 0.25) is 0 Å². The van der Waals surface area contributed by atoms with E-state index < -0.39 is 0 Å². The van der Waals surface area contributed by atoms with Crippen molar-refractivity contribution in [3.05, 3.63) is 12.2 Å². The lowest BCUT2D eigenvalue weighted by molar-refractivity contribution is -0.144. The quantitative estimate of drug-likeness (QED) is 0.223. The molecule has 0 amide bonds. The Morgan fingerprint density at radius 3 is 2.63 bits per heavy atom. The van der Waals surface area contributed by atoms with Gasteiger partial charge in [-0.2, -0.15) is 0 Å². The molecular weight excluding hydrogens is 359 g/mol. The Morgan fingerprint density at radius 1 is 1.32 bits per heavy atom. The molecule has 4 nitrogen and oxygen atoms in total. The van der Waals surface area contributed by atoms with Crippen LogP contribution in [0, 0.1) is 5.92 Å². The smallest absolute Gasteiger partial charge is 0.315 e. The number of rotatable bonds is 7. The first-order chi connectivity index (χ1) is 9.08. The molecule has 0 saturated heterocycles. The van der Waals surface area contributed by atoms with Crippen LogP contribution in [0.5, 0.6) is 0 Å². The van der Waals surface area contributed by atoms with Crippen LogP contribution < -0.4 is 0 Å². The Labute approximate surface area is 129 Å². The number of ether oxygens (including phenoxy) is 3. The second kappa shape index (κ2) is 8.92. The van der Waals surface area contributed by atoms with Gasteiger partial charge in [-0.05, 0) is 32.1 Å². The van der Waals surface area contributed by atoms with Crippen LogP contribution in [0.4, 0.5) is 0 Å². The number of hydrogen-bond donors (Lipinski definition) is 0. The number of halogens is 1.